The molecule has 9 rings (SSSR count). The van der Waals surface area contributed by atoms with Crippen molar-refractivity contribution in [2.24, 2.45) is 0 Å². The van der Waals surface area contributed by atoms with Gasteiger partial charge >= 0.3 is 0 Å². The Bertz CT molecular complexity index is 2330. The van der Waals surface area contributed by atoms with Gasteiger partial charge in [-0.15, -0.1) is 0 Å². The molecule has 0 atom stereocenters. The second-order valence-electron chi connectivity index (χ2n) is 11.7. The van der Waals surface area contributed by atoms with Crippen LogP contribution in [0.3, 0.4) is 0 Å². The van der Waals surface area contributed by atoms with Gasteiger partial charge in [0, 0.05) is 32.5 Å². The summed E-state index contributed by atoms with van der Waals surface area (Å²) < 4.78 is 9.27. The Morgan fingerprint density at radius 1 is 0.488 bits per heavy atom. The van der Waals surface area contributed by atoms with Crippen molar-refractivity contribution >= 4 is 43.7 Å². The summed E-state index contributed by atoms with van der Waals surface area (Å²) in [5, 5.41) is 4.80. The van der Waals surface area contributed by atoms with Crippen LogP contribution in [0.5, 0.6) is 0 Å². The molecule has 2 aromatic heterocycles. The number of furan rings is 1. The smallest absolute Gasteiger partial charge is 0.159 e. The van der Waals surface area contributed by atoms with E-state index in [1.165, 1.54) is 44.1 Å². The van der Waals surface area contributed by atoms with Crippen LogP contribution in [0.2, 0.25) is 0 Å². The highest BCUT2D eigenvalue weighted by Gasteiger charge is 2.36. The minimum atomic E-state index is -0.0721. The zero-order valence-corrected chi connectivity index (χ0v) is 23.0. The number of hydrogen-bond acceptors (Lipinski definition) is 1. The number of para-hydroxylation sites is 3. The highest BCUT2D eigenvalue weighted by atomic mass is 16.3. The number of aromatic nitrogens is 1. The molecular formula is C39H27NO. The standard InChI is InChI=1S/C39H27NO/c1-39(2)32-19-8-6-14-26(32)30-22-31-27-15-7-9-20-34(27)40(36(31)23-33(30)39)35-21-11-18-29-28-17-10-16-25(37(28)41-38(29)35)24-12-4-3-5-13-24/h3-23H,1-2H3. The summed E-state index contributed by atoms with van der Waals surface area (Å²) >= 11 is 0. The van der Waals surface area contributed by atoms with Crippen LogP contribution < -0.4 is 0 Å². The third kappa shape index (κ3) is 2.97. The first-order valence-corrected chi connectivity index (χ1v) is 14.3. The predicted molar refractivity (Wildman–Crippen MR) is 171 cm³/mol. The van der Waals surface area contributed by atoms with Gasteiger partial charge < -0.3 is 8.98 Å². The van der Waals surface area contributed by atoms with Crippen LogP contribution in [0.4, 0.5) is 0 Å². The normalized spacial score (nSPS) is 13.8. The van der Waals surface area contributed by atoms with Gasteiger partial charge in [-0.3, -0.25) is 0 Å². The number of rotatable bonds is 2. The Kier molecular flexibility index (Phi) is 4.42. The zero-order valence-electron chi connectivity index (χ0n) is 23.0. The maximum Gasteiger partial charge on any atom is 0.159 e. The van der Waals surface area contributed by atoms with Gasteiger partial charge in [0.25, 0.3) is 0 Å². The minimum absolute atomic E-state index is 0.0721. The molecule has 2 heteroatoms. The third-order valence-electron chi connectivity index (χ3n) is 9.21. The van der Waals surface area contributed by atoms with Gasteiger partial charge in [-0.05, 0) is 52.1 Å². The van der Waals surface area contributed by atoms with Crippen LogP contribution in [-0.4, -0.2) is 4.57 Å². The van der Waals surface area contributed by atoms with E-state index in [4.69, 9.17) is 4.42 Å². The number of nitrogens with zero attached hydrogens (tertiary/aromatic N) is 1. The summed E-state index contributed by atoms with van der Waals surface area (Å²) in [6, 6.07) is 46.0. The Morgan fingerprint density at radius 3 is 2.05 bits per heavy atom. The summed E-state index contributed by atoms with van der Waals surface area (Å²) in [6.45, 7) is 4.70. The molecule has 41 heavy (non-hydrogen) atoms. The molecular weight excluding hydrogens is 498 g/mol. The average Bonchev–Trinajstić information content (AvgIpc) is 3.63. The van der Waals surface area contributed by atoms with Crippen LogP contribution in [0.15, 0.2) is 132 Å². The topological polar surface area (TPSA) is 18.1 Å². The lowest BCUT2D eigenvalue weighted by molar-refractivity contribution is 0.660. The van der Waals surface area contributed by atoms with E-state index in [1.54, 1.807) is 0 Å². The van der Waals surface area contributed by atoms with Gasteiger partial charge in [-0.1, -0.05) is 117 Å². The van der Waals surface area contributed by atoms with E-state index in [-0.39, 0.29) is 5.41 Å². The lowest BCUT2D eigenvalue weighted by atomic mass is 9.82. The van der Waals surface area contributed by atoms with Crippen LogP contribution in [0.1, 0.15) is 25.0 Å². The van der Waals surface area contributed by atoms with Crippen LogP contribution >= 0.6 is 0 Å². The summed E-state index contributed by atoms with van der Waals surface area (Å²) in [7, 11) is 0. The molecule has 1 aliphatic rings. The van der Waals surface area contributed by atoms with E-state index in [9.17, 15) is 0 Å². The van der Waals surface area contributed by atoms with Crippen molar-refractivity contribution in [2.45, 2.75) is 19.3 Å². The Labute approximate surface area is 238 Å². The molecule has 8 aromatic rings. The van der Waals surface area contributed by atoms with E-state index >= 15 is 0 Å². The van der Waals surface area contributed by atoms with Crippen LogP contribution in [-0.2, 0) is 5.41 Å². The van der Waals surface area contributed by atoms with E-state index in [2.05, 4.69) is 146 Å². The van der Waals surface area contributed by atoms with E-state index < -0.39 is 0 Å². The number of fused-ring (bicyclic) bond motifs is 9. The van der Waals surface area contributed by atoms with Crippen molar-refractivity contribution in [3.8, 4) is 27.9 Å². The largest absolute Gasteiger partial charge is 0.453 e. The fourth-order valence-corrected chi connectivity index (χ4v) is 7.25. The SMILES string of the molecule is CC1(C)c2ccccc2-c2cc3c4ccccc4n(-c4cccc5c4oc4c(-c6ccccc6)cccc45)c3cc21. The molecule has 0 saturated carbocycles. The molecule has 0 bridgehead atoms. The predicted octanol–water partition coefficient (Wildman–Crippen LogP) is 10.7. The Balaban J connectivity index is 1.39. The summed E-state index contributed by atoms with van der Waals surface area (Å²) in [5.41, 5.74) is 13.0. The molecule has 2 nitrogen and oxygen atoms in total. The average molecular weight is 526 g/mol. The first-order chi connectivity index (χ1) is 20.1. The molecule has 0 spiro atoms. The summed E-state index contributed by atoms with van der Waals surface area (Å²) in [6.07, 6.45) is 0. The second-order valence-corrected chi connectivity index (χ2v) is 11.7. The van der Waals surface area contributed by atoms with Crippen molar-refractivity contribution in [2.75, 3.05) is 0 Å². The van der Waals surface area contributed by atoms with Crippen molar-refractivity contribution in [3.05, 3.63) is 139 Å². The Hall–Kier alpha value is -5.08. The van der Waals surface area contributed by atoms with Gasteiger partial charge in [0.05, 0.1) is 16.7 Å². The molecule has 0 saturated heterocycles. The molecule has 1 aliphatic carbocycles. The number of benzene rings is 6. The van der Waals surface area contributed by atoms with Gasteiger partial charge in [0.1, 0.15) is 5.58 Å². The van der Waals surface area contributed by atoms with Gasteiger partial charge in [0.15, 0.2) is 5.58 Å². The zero-order chi connectivity index (χ0) is 27.3. The Morgan fingerprint density at radius 2 is 1.17 bits per heavy atom. The first-order valence-electron chi connectivity index (χ1n) is 14.3. The highest BCUT2D eigenvalue weighted by molar-refractivity contribution is 6.15. The van der Waals surface area contributed by atoms with E-state index in [0.717, 1.165) is 38.8 Å². The minimum Gasteiger partial charge on any atom is -0.453 e. The fraction of sp³-hybridized carbons (Fsp3) is 0.0769. The molecule has 0 aliphatic heterocycles. The highest BCUT2D eigenvalue weighted by Crippen LogP contribution is 2.51. The van der Waals surface area contributed by atoms with Crippen LogP contribution in [0, 0.1) is 0 Å². The second kappa shape index (κ2) is 7.99. The van der Waals surface area contributed by atoms with Crippen molar-refractivity contribution < 1.29 is 4.42 Å². The van der Waals surface area contributed by atoms with E-state index in [1.807, 2.05) is 0 Å². The van der Waals surface area contributed by atoms with Gasteiger partial charge in [0.2, 0.25) is 0 Å². The van der Waals surface area contributed by atoms with Crippen molar-refractivity contribution in [3.63, 3.8) is 0 Å². The first kappa shape index (κ1) is 22.7. The lowest BCUT2D eigenvalue weighted by Crippen LogP contribution is -2.14. The molecule has 6 aromatic carbocycles. The van der Waals surface area contributed by atoms with Crippen molar-refractivity contribution in [1.82, 2.24) is 4.57 Å². The third-order valence-corrected chi connectivity index (χ3v) is 9.21. The maximum absolute atomic E-state index is 6.85. The monoisotopic (exact) mass is 525 g/mol. The maximum atomic E-state index is 6.85. The fourth-order valence-electron chi connectivity index (χ4n) is 7.25. The van der Waals surface area contributed by atoms with Crippen molar-refractivity contribution in [1.29, 1.82) is 0 Å². The molecule has 0 fully saturated rings. The summed E-state index contributed by atoms with van der Waals surface area (Å²) in [5.74, 6) is 0. The van der Waals surface area contributed by atoms with E-state index in [0.29, 0.717) is 0 Å². The van der Waals surface area contributed by atoms with Gasteiger partial charge in [-0.2, -0.15) is 0 Å². The van der Waals surface area contributed by atoms with Gasteiger partial charge in [-0.25, -0.2) is 0 Å². The quantitative estimate of drug-likeness (QED) is 0.219. The molecule has 0 unspecified atom stereocenters. The molecule has 0 amide bonds. The number of hydrogen-bond donors (Lipinski definition) is 0. The summed E-state index contributed by atoms with van der Waals surface area (Å²) in [4.78, 5) is 0. The lowest BCUT2D eigenvalue weighted by Gasteiger charge is -2.21. The molecule has 0 radical (unpaired) electrons. The molecule has 0 N–H and O–H groups in total. The molecule has 2 heterocycles. The molecule has 194 valence electrons. The van der Waals surface area contributed by atoms with Crippen LogP contribution in [0.25, 0.3) is 71.7 Å².